The number of nitrogens with one attached hydrogen (secondary N) is 1. The summed E-state index contributed by atoms with van der Waals surface area (Å²) in [6.07, 6.45) is 0. The van der Waals surface area contributed by atoms with E-state index in [4.69, 9.17) is 4.74 Å². The van der Waals surface area contributed by atoms with Crippen LogP contribution in [0.15, 0.2) is 24.3 Å². The minimum absolute atomic E-state index is 0.268. The fourth-order valence-corrected chi connectivity index (χ4v) is 3.85. The van der Waals surface area contributed by atoms with E-state index >= 15 is 0 Å². The van der Waals surface area contributed by atoms with Gasteiger partial charge in [-0.15, -0.1) is 11.3 Å². The van der Waals surface area contributed by atoms with Crippen molar-refractivity contribution in [3.05, 3.63) is 57.5 Å². The van der Waals surface area contributed by atoms with E-state index in [2.05, 4.69) is 4.98 Å². The quantitative estimate of drug-likeness (QED) is 0.565. The molecule has 1 aromatic carbocycles. The van der Waals surface area contributed by atoms with Crippen LogP contribution >= 0.6 is 11.3 Å². The molecule has 0 spiro atoms. The summed E-state index contributed by atoms with van der Waals surface area (Å²) in [5.74, 6) is -1.24. The molecule has 0 fully saturated rings. The van der Waals surface area contributed by atoms with E-state index in [9.17, 15) is 14.0 Å². The van der Waals surface area contributed by atoms with Crippen LogP contribution in [0.5, 0.6) is 0 Å². The SMILES string of the molecule is Cc1cc(C(=O)COC(=O)c2sc3cccc(F)c3c2C)c(C)[nH]1. The fourth-order valence-electron chi connectivity index (χ4n) is 2.74. The molecule has 3 aromatic rings. The average Bonchev–Trinajstić information content (AvgIpc) is 3.05. The number of ether oxygens (including phenoxy) is 1. The molecule has 0 aliphatic rings. The Morgan fingerprint density at radius 2 is 2.00 bits per heavy atom. The highest BCUT2D eigenvalue weighted by Gasteiger charge is 2.20. The molecule has 0 aliphatic heterocycles. The number of aryl methyl sites for hydroxylation is 3. The van der Waals surface area contributed by atoms with E-state index in [1.807, 2.05) is 6.92 Å². The Kier molecular flexibility index (Phi) is 4.24. The molecule has 0 saturated carbocycles. The zero-order valence-electron chi connectivity index (χ0n) is 13.5. The van der Waals surface area contributed by atoms with Crippen LogP contribution in [0, 0.1) is 26.6 Å². The van der Waals surface area contributed by atoms with Crippen molar-refractivity contribution in [2.75, 3.05) is 6.61 Å². The molecule has 0 aliphatic carbocycles. The van der Waals surface area contributed by atoms with Gasteiger partial charge in [0.2, 0.25) is 5.78 Å². The van der Waals surface area contributed by atoms with Gasteiger partial charge in [-0.3, -0.25) is 4.79 Å². The van der Waals surface area contributed by atoms with Crippen molar-refractivity contribution in [1.82, 2.24) is 4.98 Å². The van der Waals surface area contributed by atoms with Crippen molar-refractivity contribution < 1.29 is 18.7 Å². The molecule has 6 heteroatoms. The number of thiophene rings is 1. The predicted octanol–water partition coefficient (Wildman–Crippen LogP) is 4.33. The lowest BCUT2D eigenvalue weighted by Crippen LogP contribution is -2.14. The van der Waals surface area contributed by atoms with E-state index in [0.29, 0.717) is 26.1 Å². The molecule has 1 N–H and O–H groups in total. The second-order valence-electron chi connectivity index (χ2n) is 5.66. The van der Waals surface area contributed by atoms with Crippen molar-refractivity contribution in [2.45, 2.75) is 20.8 Å². The van der Waals surface area contributed by atoms with Gasteiger partial charge in [-0.1, -0.05) is 6.07 Å². The third-order valence-corrected chi connectivity index (χ3v) is 5.11. The number of carbonyl (C=O) groups excluding carboxylic acids is 2. The lowest BCUT2D eigenvalue weighted by molar-refractivity contribution is 0.0479. The first-order chi connectivity index (χ1) is 11.4. The molecule has 124 valence electrons. The molecule has 2 heterocycles. The normalized spacial score (nSPS) is 11.0. The number of halogens is 1. The highest BCUT2D eigenvalue weighted by molar-refractivity contribution is 7.21. The minimum Gasteiger partial charge on any atom is -0.453 e. The third-order valence-electron chi connectivity index (χ3n) is 3.87. The summed E-state index contributed by atoms with van der Waals surface area (Å²) >= 11 is 1.17. The summed E-state index contributed by atoms with van der Waals surface area (Å²) in [5.41, 5.74) is 2.67. The molecule has 3 rings (SSSR count). The van der Waals surface area contributed by atoms with Gasteiger partial charge in [0.15, 0.2) is 6.61 Å². The number of ketones is 1. The van der Waals surface area contributed by atoms with E-state index in [0.717, 1.165) is 11.4 Å². The summed E-state index contributed by atoms with van der Waals surface area (Å²) < 4.78 is 19.7. The molecule has 0 saturated heterocycles. The molecule has 2 aromatic heterocycles. The Hall–Kier alpha value is -2.47. The Labute approximate surface area is 142 Å². The molecule has 0 bridgehead atoms. The standard InChI is InChI=1S/C18H16FNO3S/c1-9-7-12(11(3)20-9)14(21)8-23-18(22)17-10(2)16-13(19)5-4-6-15(16)24-17/h4-7,20H,8H2,1-3H3. The number of aromatic amines is 1. The van der Waals surface area contributed by atoms with Crippen molar-refractivity contribution in [3.63, 3.8) is 0 Å². The van der Waals surface area contributed by atoms with E-state index in [1.54, 1.807) is 32.0 Å². The largest absolute Gasteiger partial charge is 0.453 e. The van der Waals surface area contributed by atoms with Crippen molar-refractivity contribution in [2.24, 2.45) is 0 Å². The van der Waals surface area contributed by atoms with Crippen LogP contribution in [-0.2, 0) is 4.74 Å². The lowest BCUT2D eigenvalue weighted by atomic mass is 10.1. The zero-order valence-corrected chi connectivity index (χ0v) is 14.3. The van der Waals surface area contributed by atoms with E-state index in [-0.39, 0.29) is 18.2 Å². The second kappa shape index (κ2) is 6.20. The van der Waals surface area contributed by atoms with Gasteiger partial charge < -0.3 is 9.72 Å². The number of hydrogen-bond acceptors (Lipinski definition) is 4. The number of H-pyrrole nitrogens is 1. The zero-order chi connectivity index (χ0) is 17.4. The van der Waals surface area contributed by atoms with Crippen molar-refractivity contribution in [1.29, 1.82) is 0 Å². The van der Waals surface area contributed by atoms with Crippen molar-refractivity contribution in [3.8, 4) is 0 Å². The third kappa shape index (κ3) is 2.85. The van der Waals surface area contributed by atoms with Crippen LogP contribution in [0.3, 0.4) is 0 Å². The highest BCUT2D eigenvalue weighted by atomic mass is 32.1. The predicted molar refractivity (Wildman–Crippen MR) is 91.4 cm³/mol. The minimum atomic E-state index is -0.605. The van der Waals surface area contributed by atoms with Gasteiger partial charge in [-0.05, 0) is 44.5 Å². The van der Waals surface area contributed by atoms with Gasteiger partial charge in [0.1, 0.15) is 10.7 Å². The lowest BCUT2D eigenvalue weighted by Gasteiger charge is -2.03. The molecule has 4 nitrogen and oxygen atoms in total. The molecule has 24 heavy (non-hydrogen) atoms. The van der Waals surface area contributed by atoms with Gasteiger partial charge in [0.25, 0.3) is 0 Å². The fraction of sp³-hybridized carbons (Fsp3) is 0.222. The monoisotopic (exact) mass is 345 g/mol. The second-order valence-corrected chi connectivity index (χ2v) is 6.71. The average molecular weight is 345 g/mol. The highest BCUT2D eigenvalue weighted by Crippen LogP contribution is 2.33. The molecule has 0 atom stereocenters. The Morgan fingerprint density at radius 3 is 2.62 bits per heavy atom. The van der Waals surface area contributed by atoms with Crippen LogP contribution in [0.4, 0.5) is 4.39 Å². The maximum atomic E-state index is 13.9. The van der Waals surface area contributed by atoms with Crippen LogP contribution in [-0.4, -0.2) is 23.3 Å². The van der Waals surface area contributed by atoms with Gasteiger partial charge in [0, 0.05) is 27.0 Å². The summed E-state index contributed by atoms with van der Waals surface area (Å²) in [5, 5.41) is 0.429. The summed E-state index contributed by atoms with van der Waals surface area (Å²) in [6, 6.07) is 6.44. The molecule has 0 radical (unpaired) electrons. The number of rotatable bonds is 4. The Balaban J connectivity index is 1.78. The first-order valence-corrected chi connectivity index (χ1v) is 8.24. The Morgan fingerprint density at radius 1 is 1.25 bits per heavy atom. The van der Waals surface area contributed by atoms with Crippen LogP contribution in [0.25, 0.3) is 10.1 Å². The van der Waals surface area contributed by atoms with Gasteiger partial charge in [-0.25, -0.2) is 9.18 Å². The number of fused-ring (bicyclic) bond motifs is 1. The maximum Gasteiger partial charge on any atom is 0.349 e. The molecule has 0 amide bonds. The molecule has 0 unspecified atom stereocenters. The summed E-state index contributed by atoms with van der Waals surface area (Å²) in [7, 11) is 0. The smallest absolute Gasteiger partial charge is 0.349 e. The summed E-state index contributed by atoms with van der Waals surface area (Å²) in [4.78, 5) is 27.8. The summed E-state index contributed by atoms with van der Waals surface area (Å²) in [6.45, 7) is 4.99. The first-order valence-electron chi connectivity index (χ1n) is 7.42. The van der Waals surface area contributed by atoms with Crippen molar-refractivity contribution >= 4 is 33.2 Å². The van der Waals surface area contributed by atoms with E-state index in [1.165, 1.54) is 17.4 Å². The number of carbonyl (C=O) groups is 2. The van der Waals surface area contributed by atoms with Gasteiger partial charge >= 0.3 is 5.97 Å². The number of Topliss-reactive ketones (excluding diaryl/α,β-unsaturated/α-hetero) is 1. The number of aromatic nitrogens is 1. The number of hydrogen-bond donors (Lipinski definition) is 1. The molecular weight excluding hydrogens is 329 g/mol. The Bertz CT molecular complexity index is 955. The number of esters is 1. The van der Waals surface area contributed by atoms with Crippen LogP contribution in [0.2, 0.25) is 0 Å². The first kappa shape index (κ1) is 16.4. The molecular formula is C18H16FNO3S. The maximum absolute atomic E-state index is 13.9. The van der Waals surface area contributed by atoms with E-state index < -0.39 is 5.97 Å². The number of benzene rings is 1. The van der Waals surface area contributed by atoms with Crippen LogP contribution in [0.1, 0.15) is 37.0 Å². The topological polar surface area (TPSA) is 59.2 Å². The van der Waals surface area contributed by atoms with Gasteiger partial charge in [0.05, 0.1) is 0 Å². The van der Waals surface area contributed by atoms with Crippen LogP contribution < -0.4 is 0 Å². The van der Waals surface area contributed by atoms with Gasteiger partial charge in [-0.2, -0.15) is 0 Å².